The van der Waals surface area contributed by atoms with Crippen LogP contribution in [0.2, 0.25) is 5.02 Å². The minimum Gasteiger partial charge on any atom is -0.497 e. The van der Waals surface area contributed by atoms with E-state index in [4.69, 9.17) is 20.8 Å². The van der Waals surface area contributed by atoms with Crippen molar-refractivity contribution in [3.05, 3.63) is 83.4 Å². The van der Waals surface area contributed by atoms with Gasteiger partial charge in [-0.25, -0.2) is 4.98 Å². The first-order chi connectivity index (χ1) is 14.1. The summed E-state index contributed by atoms with van der Waals surface area (Å²) in [6, 6.07) is 20.0. The van der Waals surface area contributed by atoms with Gasteiger partial charge in [0.2, 0.25) is 11.8 Å². The Balaban J connectivity index is 1.49. The molecular weight excluding hydrogens is 388 g/mol. The molecule has 0 spiro atoms. The molecule has 1 amide bonds. The molecule has 5 nitrogen and oxygen atoms in total. The Morgan fingerprint density at radius 2 is 1.83 bits per heavy atom. The number of hydrogen-bond donors (Lipinski definition) is 1. The average Bonchev–Trinajstić information content (AvgIpc) is 3.17. The molecule has 144 valence electrons. The molecule has 29 heavy (non-hydrogen) atoms. The largest absolute Gasteiger partial charge is 0.497 e. The fourth-order valence-electron chi connectivity index (χ4n) is 2.79. The van der Waals surface area contributed by atoms with Crippen molar-refractivity contribution in [2.24, 2.45) is 0 Å². The zero-order valence-corrected chi connectivity index (χ0v) is 16.3. The van der Waals surface area contributed by atoms with Crippen LogP contribution < -0.4 is 10.1 Å². The predicted molar refractivity (Wildman–Crippen MR) is 115 cm³/mol. The van der Waals surface area contributed by atoms with Crippen LogP contribution in [0.3, 0.4) is 0 Å². The van der Waals surface area contributed by atoms with Crippen LogP contribution in [0.25, 0.3) is 28.6 Å². The third-order valence-corrected chi connectivity index (χ3v) is 4.54. The third kappa shape index (κ3) is 4.47. The monoisotopic (exact) mass is 404 g/mol. The topological polar surface area (TPSA) is 64.4 Å². The number of nitrogens with one attached hydrogen (secondary N) is 1. The van der Waals surface area contributed by atoms with Gasteiger partial charge < -0.3 is 14.5 Å². The number of nitrogens with zero attached hydrogens (tertiary/aromatic N) is 1. The van der Waals surface area contributed by atoms with E-state index in [1.54, 1.807) is 43.5 Å². The van der Waals surface area contributed by atoms with E-state index in [-0.39, 0.29) is 5.91 Å². The summed E-state index contributed by atoms with van der Waals surface area (Å²) in [7, 11) is 1.62. The number of aromatic nitrogens is 1. The number of fused-ring (bicyclic) bond motifs is 1. The van der Waals surface area contributed by atoms with Crippen LogP contribution in [0.4, 0.5) is 5.69 Å². The van der Waals surface area contributed by atoms with E-state index in [2.05, 4.69) is 10.3 Å². The number of oxazole rings is 1. The van der Waals surface area contributed by atoms with Crippen LogP contribution >= 0.6 is 11.6 Å². The Morgan fingerprint density at radius 3 is 2.55 bits per heavy atom. The number of methoxy groups -OCH3 is 1. The molecule has 0 saturated carbocycles. The maximum Gasteiger partial charge on any atom is 0.248 e. The number of carbonyl (C=O) groups is 1. The Morgan fingerprint density at radius 1 is 1.07 bits per heavy atom. The van der Waals surface area contributed by atoms with Crippen molar-refractivity contribution in [3.8, 4) is 17.2 Å². The van der Waals surface area contributed by atoms with E-state index in [1.807, 2.05) is 36.4 Å². The van der Waals surface area contributed by atoms with Crippen molar-refractivity contribution >= 4 is 40.4 Å². The Kier molecular flexibility index (Phi) is 5.31. The molecule has 0 radical (unpaired) electrons. The maximum absolute atomic E-state index is 12.2. The first kappa shape index (κ1) is 18.8. The molecule has 0 fully saturated rings. The normalized spacial score (nSPS) is 11.1. The van der Waals surface area contributed by atoms with Crippen molar-refractivity contribution in [2.45, 2.75) is 0 Å². The first-order valence-corrected chi connectivity index (χ1v) is 9.28. The van der Waals surface area contributed by atoms with Crippen LogP contribution in [-0.2, 0) is 4.79 Å². The summed E-state index contributed by atoms with van der Waals surface area (Å²) in [5.41, 5.74) is 3.68. The van der Waals surface area contributed by atoms with E-state index in [1.165, 1.54) is 6.08 Å². The van der Waals surface area contributed by atoms with Gasteiger partial charge in [0.05, 0.1) is 7.11 Å². The van der Waals surface area contributed by atoms with E-state index in [9.17, 15) is 4.79 Å². The van der Waals surface area contributed by atoms with Gasteiger partial charge in [-0.3, -0.25) is 4.79 Å². The Bertz CT molecular complexity index is 1180. The molecular formula is C23H17ClN2O3. The molecule has 4 rings (SSSR count). The highest BCUT2D eigenvalue weighted by molar-refractivity contribution is 6.30. The van der Waals surface area contributed by atoms with Crippen molar-refractivity contribution in [1.82, 2.24) is 4.98 Å². The third-order valence-electron chi connectivity index (χ3n) is 4.29. The van der Waals surface area contributed by atoms with Crippen LogP contribution in [0.5, 0.6) is 5.75 Å². The number of hydrogen-bond acceptors (Lipinski definition) is 4. The highest BCUT2D eigenvalue weighted by Gasteiger charge is 2.09. The SMILES string of the molecule is COc1ccc(-c2nc3cc(NC(=O)/C=C/c4ccc(Cl)cc4)ccc3o2)cc1. The maximum atomic E-state index is 12.2. The molecule has 0 aliphatic rings. The van der Waals surface area contributed by atoms with Crippen LogP contribution in [0, 0.1) is 0 Å². The molecule has 0 aliphatic carbocycles. The lowest BCUT2D eigenvalue weighted by atomic mass is 10.2. The second kappa shape index (κ2) is 8.20. The fraction of sp³-hybridized carbons (Fsp3) is 0.0435. The van der Waals surface area contributed by atoms with Gasteiger partial charge in [0.25, 0.3) is 0 Å². The molecule has 0 saturated heterocycles. The molecule has 6 heteroatoms. The number of amides is 1. The molecule has 0 unspecified atom stereocenters. The fourth-order valence-corrected chi connectivity index (χ4v) is 2.92. The van der Waals surface area contributed by atoms with Crippen molar-refractivity contribution in [2.75, 3.05) is 12.4 Å². The molecule has 1 heterocycles. The lowest BCUT2D eigenvalue weighted by molar-refractivity contribution is -0.111. The van der Waals surface area contributed by atoms with Crippen molar-refractivity contribution in [3.63, 3.8) is 0 Å². The standard InChI is InChI=1S/C23H17ClN2O3/c1-28-19-10-5-16(6-11-19)23-26-20-14-18(9-12-21(20)29-23)25-22(27)13-4-15-2-7-17(24)8-3-15/h2-14H,1H3,(H,25,27)/b13-4+. The highest BCUT2D eigenvalue weighted by atomic mass is 35.5. The van der Waals surface area contributed by atoms with E-state index >= 15 is 0 Å². The summed E-state index contributed by atoms with van der Waals surface area (Å²) < 4.78 is 11.0. The van der Waals surface area contributed by atoms with Gasteiger partial charge in [-0.1, -0.05) is 23.7 Å². The number of benzene rings is 3. The van der Waals surface area contributed by atoms with E-state index in [0.29, 0.717) is 27.7 Å². The van der Waals surface area contributed by atoms with Gasteiger partial charge >= 0.3 is 0 Å². The minimum absolute atomic E-state index is 0.238. The molecule has 1 N–H and O–H groups in total. The van der Waals surface area contributed by atoms with Crippen LogP contribution in [0.1, 0.15) is 5.56 Å². The summed E-state index contributed by atoms with van der Waals surface area (Å²) in [5.74, 6) is 1.04. The second-order valence-electron chi connectivity index (χ2n) is 6.30. The predicted octanol–water partition coefficient (Wildman–Crippen LogP) is 5.81. The van der Waals surface area contributed by atoms with Gasteiger partial charge in [-0.2, -0.15) is 0 Å². The second-order valence-corrected chi connectivity index (χ2v) is 6.74. The molecule has 3 aromatic carbocycles. The van der Waals surface area contributed by atoms with Crippen molar-refractivity contribution < 1.29 is 13.9 Å². The molecule has 0 bridgehead atoms. The van der Waals surface area contributed by atoms with Gasteiger partial charge in [0, 0.05) is 22.3 Å². The van der Waals surface area contributed by atoms with Gasteiger partial charge in [-0.15, -0.1) is 0 Å². The average molecular weight is 405 g/mol. The molecule has 1 aromatic heterocycles. The summed E-state index contributed by atoms with van der Waals surface area (Å²) in [4.78, 5) is 16.7. The number of ether oxygens (including phenoxy) is 1. The number of rotatable bonds is 5. The van der Waals surface area contributed by atoms with Gasteiger partial charge in [-0.05, 0) is 66.2 Å². The Hall–Kier alpha value is -3.57. The summed E-state index contributed by atoms with van der Waals surface area (Å²) >= 11 is 5.86. The van der Waals surface area contributed by atoms with Gasteiger partial charge in [0.1, 0.15) is 11.3 Å². The lowest BCUT2D eigenvalue weighted by Crippen LogP contribution is -2.07. The van der Waals surface area contributed by atoms with Crippen molar-refractivity contribution in [1.29, 1.82) is 0 Å². The quantitative estimate of drug-likeness (QED) is 0.426. The van der Waals surface area contributed by atoms with E-state index < -0.39 is 0 Å². The smallest absolute Gasteiger partial charge is 0.248 e. The summed E-state index contributed by atoms with van der Waals surface area (Å²) in [6.07, 6.45) is 3.20. The van der Waals surface area contributed by atoms with E-state index in [0.717, 1.165) is 16.9 Å². The number of carbonyl (C=O) groups excluding carboxylic acids is 1. The minimum atomic E-state index is -0.238. The Labute approximate surface area is 172 Å². The first-order valence-electron chi connectivity index (χ1n) is 8.90. The summed E-state index contributed by atoms with van der Waals surface area (Å²) in [5, 5.41) is 3.48. The zero-order valence-electron chi connectivity index (χ0n) is 15.6. The van der Waals surface area contributed by atoms with Crippen LogP contribution in [0.15, 0.2) is 77.2 Å². The van der Waals surface area contributed by atoms with Crippen LogP contribution in [-0.4, -0.2) is 18.0 Å². The molecule has 4 aromatic rings. The number of halogens is 1. The highest BCUT2D eigenvalue weighted by Crippen LogP contribution is 2.27. The summed E-state index contributed by atoms with van der Waals surface area (Å²) in [6.45, 7) is 0. The molecule has 0 atom stereocenters. The number of anilines is 1. The lowest BCUT2D eigenvalue weighted by Gasteiger charge is -2.01. The molecule has 0 aliphatic heterocycles. The van der Waals surface area contributed by atoms with Gasteiger partial charge in [0.15, 0.2) is 5.58 Å². The zero-order chi connectivity index (χ0) is 20.2.